The Kier molecular flexibility index (Phi) is 4.41. The summed E-state index contributed by atoms with van der Waals surface area (Å²) in [4.78, 5) is 2.36. The van der Waals surface area contributed by atoms with Gasteiger partial charge >= 0.3 is 0 Å². The van der Waals surface area contributed by atoms with Crippen LogP contribution in [-0.2, 0) is 0 Å². The lowest BCUT2D eigenvalue weighted by Gasteiger charge is -2.11. The fraction of sp³-hybridized carbons (Fsp3) is 0.385. The molecule has 1 unspecified atom stereocenters. The second-order valence-electron chi connectivity index (χ2n) is 3.75. The molecule has 1 saturated heterocycles. The van der Waals surface area contributed by atoms with Crippen LogP contribution in [0.2, 0.25) is 0 Å². The standard InChI is InChI=1S/C13H19N/c1-4-6-8-12(7-5-2)13-9-10-14(3)11-13/h4-8,13H,1-2,9-11H2,3H3/b8-6-,12-7+. The number of nitrogens with zero attached hydrogens (tertiary/aromatic N) is 1. The van der Waals surface area contributed by atoms with Crippen LogP contribution in [-0.4, -0.2) is 25.0 Å². The zero-order valence-corrected chi connectivity index (χ0v) is 8.95. The van der Waals surface area contributed by atoms with Crippen molar-refractivity contribution in [2.24, 2.45) is 5.92 Å². The van der Waals surface area contributed by atoms with Crippen molar-refractivity contribution in [3.05, 3.63) is 49.1 Å². The molecule has 0 amide bonds. The maximum Gasteiger partial charge on any atom is 0.00477 e. The summed E-state index contributed by atoms with van der Waals surface area (Å²) >= 11 is 0. The number of likely N-dealkylation sites (tertiary alicyclic amines) is 1. The number of allylic oxidation sites excluding steroid dienone is 5. The van der Waals surface area contributed by atoms with Crippen LogP contribution in [0.3, 0.4) is 0 Å². The van der Waals surface area contributed by atoms with Gasteiger partial charge < -0.3 is 4.90 Å². The Morgan fingerprint density at radius 2 is 2.14 bits per heavy atom. The molecule has 0 aromatic heterocycles. The normalized spacial score (nSPS) is 24.4. The number of rotatable bonds is 4. The maximum absolute atomic E-state index is 3.75. The molecule has 1 atom stereocenters. The largest absolute Gasteiger partial charge is 0.306 e. The number of hydrogen-bond donors (Lipinski definition) is 0. The first-order chi connectivity index (χ1) is 6.77. The average Bonchev–Trinajstić information content (AvgIpc) is 2.59. The molecule has 1 fully saturated rings. The summed E-state index contributed by atoms with van der Waals surface area (Å²) in [6.07, 6.45) is 11.2. The molecule has 0 bridgehead atoms. The lowest BCUT2D eigenvalue weighted by molar-refractivity contribution is 0.406. The highest BCUT2D eigenvalue weighted by Crippen LogP contribution is 2.23. The first kappa shape index (κ1) is 11.0. The highest BCUT2D eigenvalue weighted by molar-refractivity contribution is 5.28. The van der Waals surface area contributed by atoms with Crippen molar-refractivity contribution in [2.75, 3.05) is 20.1 Å². The molecule has 1 heteroatoms. The minimum atomic E-state index is 0.661. The summed E-state index contributed by atoms with van der Waals surface area (Å²) in [5.74, 6) is 0.661. The molecule has 1 rings (SSSR count). The van der Waals surface area contributed by atoms with E-state index in [0.29, 0.717) is 5.92 Å². The average molecular weight is 189 g/mol. The zero-order valence-electron chi connectivity index (χ0n) is 8.95. The van der Waals surface area contributed by atoms with Crippen LogP contribution in [0.4, 0.5) is 0 Å². The van der Waals surface area contributed by atoms with Crippen LogP contribution in [0.5, 0.6) is 0 Å². The molecule has 0 N–H and O–H groups in total. The third kappa shape index (κ3) is 3.00. The van der Waals surface area contributed by atoms with Crippen molar-refractivity contribution in [3.63, 3.8) is 0 Å². The van der Waals surface area contributed by atoms with Gasteiger partial charge in [-0.2, -0.15) is 0 Å². The van der Waals surface area contributed by atoms with Gasteiger partial charge in [-0.25, -0.2) is 0 Å². The van der Waals surface area contributed by atoms with Crippen molar-refractivity contribution >= 4 is 0 Å². The monoisotopic (exact) mass is 189 g/mol. The quantitative estimate of drug-likeness (QED) is 0.615. The summed E-state index contributed by atoms with van der Waals surface area (Å²) < 4.78 is 0. The van der Waals surface area contributed by atoms with E-state index in [1.807, 2.05) is 18.2 Å². The van der Waals surface area contributed by atoms with Crippen LogP contribution < -0.4 is 0 Å². The van der Waals surface area contributed by atoms with E-state index in [1.54, 1.807) is 0 Å². The van der Waals surface area contributed by atoms with Gasteiger partial charge in [0.2, 0.25) is 0 Å². The summed E-state index contributed by atoms with van der Waals surface area (Å²) in [7, 11) is 2.17. The van der Waals surface area contributed by atoms with Gasteiger partial charge in [-0.15, -0.1) is 0 Å². The van der Waals surface area contributed by atoms with E-state index >= 15 is 0 Å². The molecule has 0 aromatic carbocycles. The summed E-state index contributed by atoms with van der Waals surface area (Å²) in [6.45, 7) is 9.78. The second kappa shape index (κ2) is 5.61. The Morgan fingerprint density at radius 3 is 2.64 bits per heavy atom. The van der Waals surface area contributed by atoms with Crippen molar-refractivity contribution in [1.29, 1.82) is 0 Å². The molecule has 14 heavy (non-hydrogen) atoms. The van der Waals surface area contributed by atoms with Crippen molar-refractivity contribution in [1.82, 2.24) is 4.90 Å². The van der Waals surface area contributed by atoms with Gasteiger partial charge in [0.15, 0.2) is 0 Å². The van der Waals surface area contributed by atoms with Crippen LogP contribution in [0.1, 0.15) is 6.42 Å². The predicted octanol–water partition coefficient (Wildman–Crippen LogP) is 2.79. The lowest BCUT2D eigenvalue weighted by Crippen LogP contribution is -2.14. The van der Waals surface area contributed by atoms with Gasteiger partial charge in [0.1, 0.15) is 0 Å². The molecule has 0 aliphatic carbocycles. The van der Waals surface area contributed by atoms with Gasteiger partial charge in [-0.1, -0.05) is 43.5 Å². The molecule has 0 radical (unpaired) electrons. The second-order valence-corrected chi connectivity index (χ2v) is 3.75. The molecule has 1 aliphatic heterocycles. The SMILES string of the molecule is C=C/C=C\C(=C/C=C)C1CCN(C)C1. The summed E-state index contributed by atoms with van der Waals surface area (Å²) in [6, 6.07) is 0. The van der Waals surface area contributed by atoms with Crippen LogP contribution in [0.25, 0.3) is 0 Å². The molecule has 0 spiro atoms. The van der Waals surface area contributed by atoms with Crippen molar-refractivity contribution in [2.45, 2.75) is 6.42 Å². The van der Waals surface area contributed by atoms with Gasteiger partial charge in [0.25, 0.3) is 0 Å². The third-order valence-corrected chi connectivity index (χ3v) is 2.60. The van der Waals surface area contributed by atoms with E-state index in [0.717, 1.165) is 6.54 Å². The highest BCUT2D eigenvalue weighted by atomic mass is 15.1. The van der Waals surface area contributed by atoms with E-state index in [4.69, 9.17) is 0 Å². The molecule has 0 saturated carbocycles. The zero-order chi connectivity index (χ0) is 10.4. The van der Waals surface area contributed by atoms with Gasteiger partial charge in [-0.3, -0.25) is 0 Å². The lowest BCUT2D eigenvalue weighted by atomic mass is 9.97. The molecule has 1 aliphatic rings. The molecular weight excluding hydrogens is 170 g/mol. The number of hydrogen-bond acceptors (Lipinski definition) is 1. The first-order valence-electron chi connectivity index (χ1n) is 5.08. The molecule has 76 valence electrons. The van der Waals surface area contributed by atoms with Crippen molar-refractivity contribution < 1.29 is 0 Å². The summed E-state index contributed by atoms with van der Waals surface area (Å²) in [5, 5.41) is 0. The Balaban J connectivity index is 2.68. The predicted molar refractivity (Wildman–Crippen MR) is 63.2 cm³/mol. The van der Waals surface area contributed by atoms with Gasteiger partial charge in [0, 0.05) is 6.54 Å². The smallest absolute Gasteiger partial charge is 0.00477 e. The first-order valence-corrected chi connectivity index (χ1v) is 5.08. The molecule has 1 nitrogen and oxygen atoms in total. The molecule has 0 aromatic rings. The van der Waals surface area contributed by atoms with Crippen LogP contribution in [0.15, 0.2) is 49.1 Å². The minimum Gasteiger partial charge on any atom is -0.306 e. The highest BCUT2D eigenvalue weighted by Gasteiger charge is 2.20. The Bertz CT molecular complexity index is 260. The van der Waals surface area contributed by atoms with Crippen LogP contribution in [0, 0.1) is 5.92 Å². The summed E-state index contributed by atoms with van der Waals surface area (Å²) in [5.41, 5.74) is 1.37. The Labute approximate surface area is 87.1 Å². The van der Waals surface area contributed by atoms with E-state index in [-0.39, 0.29) is 0 Å². The third-order valence-electron chi connectivity index (χ3n) is 2.60. The Morgan fingerprint density at radius 1 is 1.36 bits per heavy atom. The van der Waals surface area contributed by atoms with Crippen LogP contribution >= 0.6 is 0 Å². The molecular formula is C13H19N. The Hall–Kier alpha value is -1.08. The minimum absolute atomic E-state index is 0.661. The fourth-order valence-corrected chi connectivity index (χ4v) is 1.85. The fourth-order valence-electron chi connectivity index (χ4n) is 1.85. The topological polar surface area (TPSA) is 3.24 Å². The maximum atomic E-state index is 3.75. The van der Waals surface area contributed by atoms with E-state index in [1.165, 1.54) is 18.5 Å². The van der Waals surface area contributed by atoms with Crippen molar-refractivity contribution in [3.8, 4) is 0 Å². The van der Waals surface area contributed by atoms with E-state index < -0.39 is 0 Å². The van der Waals surface area contributed by atoms with Gasteiger partial charge in [0.05, 0.1) is 0 Å². The van der Waals surface area contributed by atoms with E-state index in [2.05, 4.69) is 37.3 Å². The molecule has 1 heterocycles. The van der Waals surface area contributed by atoms with E-state index in [9.17, 15) is 0 Å². The van der Waals surface area contributed by atoms with Gasteiger partial charge in [-0.05, 0) is 31.5 Å².